The van der Waals surface area contributed by atoms with Crippen LogP contribution in [-0.2, 0) is 14.2 Å². The van der Waals surface area contributed by atoms with Gasteiger partial charge in [-0.1, -0.05) is 27.4 Å². The fraction of sp³-hybridized carbons (Fsp3) is 0.167. The number of amides is 1. The van der Waals surface area contributed by atoms with Gasteiger partial charge in [-0.2, -0.15) is 0 Å². The lowest BCUT2D eigenvalue weighted by atomic mass is 10.5. The van der Waals surface area contributed by atoms with E-state index in [0.29, 0.717) is 5.82 Å². The van der Waals surface area contributed by atoms with Crippen molar-refractivity contribution in [3.63, 3.8) is 0 Å². The molecule has 0 aliphatic heterocycles. The Morgan fingerprint density at radius 3 is 3.00 bits per heavy atom. The van der Waals surface area contributed by atoms with Gasteiger partial charge in [0.05, 0.1) is 5.75 Å². The Morgan fingerprint density at radius 1 is 1.56 bits per heavy atom. The second-order valence-electron chi connectivity index (χ2n) is 2.26. The first-order valence-electron chi connectivity index (χ1n) is 3.78. The molecule has 0 fully saturated rings. The van der Waals surface area contributed by atoms with Crippen LogP contribution in [0.1, 0.15) is 0 Å². The molecule has 0 spiro atoms. The molecule has 1 aromatic heterocycles. The van der Waals surface area contributed by atoms with E-state index < -0.39 is 0 Å². The number of rotatable bonds is 6. The molecule has 10 heteroatoms. The van der Waals surface area contributed by atoms with Gasteiger partial charge in [0.2, 0.25) is 5.91 Å². The predicted octanol–water partition coefficient (Wildman–Crippen LogP) is 1.79. The van der Waals surface area contributed by atoms with E-state index in [1.165, 1.54) is 12.1 Å². The van der Waals surface area contributed by atoms with E-state index in [1.807, 2.05) is 0 Å². The highest BCUT2D eigenvalue weighted by Crippen LogP contribution is 2.21. The Kier molecular flexibility index (Phi) is 6.45. The summed E-state index contributed by atoms with van der Waals surface area (Å²) in [6.07, 6.45) is 0. The van der Waals surface area contributed by atoms with Crippen LogP contribution in [-0.4, -0.2) is 27.1 Å². The summed E-state index contributed by atoms with van der Waals surface area (Å²) in [6, 6.07) is 3.03. The molecule has 0 atom stereocenters. The maximum atomic E-state index is 11.3. The number of aromatic nitrogens is 2. The van der Waals surface area contributed by atoms with Gasteiger partial charge in [-0.3, -0.25) is 4.79 Å². The van der Waals surface area contributed by atoms with Crippen LogP contribution in [0.5, 0.6) is 0 Å². The standard InChI is InChI=1S/C6H6ClN3O4S2/c7-4-1-2-5(10-9-4)8-6(11)3-15-16-14-13-12/h1-2,12H,3H2,(H,8,10,11). The molecule has 1 heterocycles. The third-order valence-corrected chi connectivity index (χ3v) is 2.80. The summed E-state index contributed by atoms with van der Waals surface area (Å²) < 4.78 is 4.06. The van der Waals surface area contributed by atoms with Crippen molar-refractivity contribution in [2.24, 2.45) is 0 Å². The van der Waals surface area contributed by atoms with Crippen molar-refractivity contribution in [2.45, 2.75) is 0 Å². The maximum Gasteiger partial charge on any atom is 0.236 e. The molecule has 1 rings (SSSR count). The fourth-order valence-electron chi connectivity index (χ4n) is 0.671. The Labute approximate surface area is 103 Å². The van der Waals surface area contributed by atoms with E-state index in [4.69, 9.17) is 16.9 Å². The number of carbonyl (C=O) groups excluding carboxylic acids is 1. The average molecular weight is 284 g/mol. The Bertz CT molecular complexity index is 339. The van der Waals surface area contributed by atoms with Gasteiger partial charge in [0.25, 0.3) is 0 Å². The summed E-state index contributed by atoms with van der Waals surface area (Å²) in [5, 5.41) is 21.1. The quantitative estimate of drug-likeness (QED) is 0.268. The van der Waals surface area contributed by atoms with Crippen LogP contribution in [0.15, 0.2) is 12.1 Å². The minimum atomic E-state index is -0.296. The van der Waals surface area contributed by atoms with Gasteiger partial charge in [0, 0.05) is 0 Å². The van der Waals surface area contributed by atoms with Gasteiger partial charge in [0.1, 0.15) is 11.1 Å². The SMILES string of the molecule is O=C(CSSOOO)Nc1ccc(Cl)nn1. The van der Waals surface area contributed by atoms with E-state index in [1.54, 1.807) is 0 Å². The van der Waals surface area contributed by atoms with Crippen LogP contribution in [0.3, 0.4) is 0 Å². The van der Waals surface area contributed by atoms with Crippen molar-refractivity contribution >= 4 is 45.2 Å². The molecule has 0 unspecified atom stereocenters. The molecule has 88 valence electrons. The molecule has 2 N–H and O–H groups in total. The summed E-state index contributed by atoms with van der Waals surface area (Å²) in [4.78, 5) is 11.3. The van der Waals surface area contributed by atoms with Gasteiger partial charge in [-0.15, -0.1) is 14.5 Å². The molecule has 0 saturated heterocycles. The van der Waals surface area contributed by atoms with Crippen LogP contribution in [0.4, 0.5) is 5.82 Å². The maximum absolute atomic E-state index is 11.3. The second-order valence-corrected chi connectivity index (χ2v) is 4.56. The minimum absolute atomic E-state index is 0.0956. The van der Waals surface area contributed by atoms with Crippen molar-refractivity contribution < 1.29 is 19.4 Å². The zero-order valence-electron chi connectivity index (χ0n) is 7.62. The van der Waals surface area contributed by atoms with Gasteiger partial charge in [0.15, 0.2) is 11.0 Å². The summed E-state index contributed by atoms with van der Waals surface area (Å²) in [5.74, 6) is 0.105. The first-order chi connectivity index (χ1) is 7.72. The van der Waals surface area contributed by atoms with Crippen molar-refractivity contribution in [1.29, 1.82) is 0 Å². The highest BCUT2D eigenvalue weighted by atomic mass is 35.5. The van der Waals surface area contributed by atoms with Crippen molar-refractivity contribution in [3.8, 4) is 0 Å². The van der Waals surface area contributed by atoms with E-state index in [0.717, 1.165) is 21.9 Å². The van der Waals surface area contributed by atoms with Gasteiger partial charge >= 0.3 is 0 Å². The number of anilines is 1. The Balaban J connectivity index is 2.26. The van der Waals surface area contributed by atoms with Crippen LogP contribution in [0, 0.1) is 0 Å². The number of nitrogens with zero attached hydrogens (tertiary/aromatic N) is 2. The van der Waals surface area contributed by atoms with Gasteiger partial charge < -0.3 is 5.32 Å². The Hall–Kier alpha value is -0.580. The van der Waals surface area contributed by atoms with Crippen LogP contribution < -0.4 is 5.32 Å². The molecule has 0 radical (unpaired) electrons. The zero-order valence-corrected chi connectivity index (χ0v) is 10.0. The lowest BCUT2D eigenvalue weighted by molar-refractivity contribution is -0.431. The van der Waals surface area contributed by atoms with Crippen molar-refractivity contribution in [3.05, 3.63) is 17.3 Å². The minimum Gasteiger partial charge on any atom is -0.308 e. The predicted molar refractivity (Wildman–Crippen MR) is 60.5 cm³/mol. The van der Waals surface area contributed by atoms with Crippen LogP contribution in [0.2, 0.25) is 5.15 Å². The molecule has 1 aromatic rings. The molecule has 7 nitrogen and oxygen atoms in total. The molecular weight excluding hydrogens is 278 g/mol. The molecule has 0 bridgehead atoms. The molecule has 0 aliphatic rings. The van der Waals surface area contributed by atoms with Crippen molar-refractivity contribution in [1.82, 2.24) is 10.2 Å². The monoisotopic (exact) mass is 283 g/mol. The molecule has 1 amide bonds. The van der Waals surface area contributed by atoms with E-state index in [-0.39, 0.29) is 16.8 Å². The summed E-state index contributed by atoms with van der Waals surface area (Å²) in [7, 11) is 1.03. The topological polar surface area (TPSA) is 93.6 Å². The smallest absolute Gasteiger partial charge is 0.236 e. The fourth-order valence-corrected chi connectivity index (χ4v) is 1.72. The highest BCUT2D eigenvalue weighted by Gasteiger charge is 2.04. The van der Waals surface area contributed by atoms with E-state index >= 15 is 0 Å². The summed E-state index contributed by atoms with van der Waals surface area (Å²) in [6.45, 7) is 0. The van der Waals surface area contributed by atoms with Crippen LogP contribution >= 0.6 is 33.5 Å². The second kappa shape index (κ2) is 7.65. The average Bonchev–Trinajstić information content (AvgIpc) is 2.28. The molecule has 16 heavy (non-hydrogen) atoms. The lowest BCUT2D eigenvalue weighted by Gasteiger charge is -2.01. The third kappa shape index (κ3) is 5.49. The molecule has 0 aliphatic carbocycles. The normalized spacial score (nSPS) is 10.1. The molecular formula is C6H6ClN3O4S2. The lowest BCUT2D eigenvalue weighted by Crippen LogP contribution is -2.14. The highest BCUT2D eigenvalue weighted by molar-refractivity contribution is 8.75. The Morgan fingerprint density at radius 2 is 2.38 bits per heavy atom. The number of halogens is 1. The summed E-state index contributed by atoms with van der Waals surface area (Å²) >= 11 is 6.24. The molecule has 0 aromatic carbocycles. The summed E-state index contributed by atoms with van der Waals surface area (Å²) in [5.41, 5.74) is 0. The van der Waals surface area contributed by atoms with Crippen molar-refractivity contribution in [2.75, 3.05) is 11.1 Å². The largest absolute Gasteiger partial charge is 0.308 e. The van der Waals surface area contributed by atoms with Gasteiger partial charge in [-0.25, -0.2) is 5.26 Å². The number of nitrogens with one attached hydrogen (secondary N) is 1. The first-order valence-corrected chi connectivity index (χ1v) is 6.40. The van der Waals surface area contributed by atoms with Gasteiger partial charge in [-0.05, 0) is 12.1 Å². The van der Waals surface area contributed by atoms with E-state index in [2.05, 4.69) is 24.9 Å². The molecule has 0 saturated carbocycles. The number of carbonyl (C=O) groups is 1. The number of hydrogen-bond donors (Lipinski definition) is 2. The first kappa shape index (κ1) is 13.5. The zero-order chi connectivity index (χ0) is 11.8. The number of hydrogen-bond acceptors (Lipinski definition) is 8. The third-order valence-electron chi connectivity index (χ3n) is 1.20. The van der Waals surface area contributed by atoms with E-state index in [9.17, 15) is 4.79 Å². The van der Waals surface area contributed by atoms with Crippen LogP contribution in [0.25, 0.3) is 0 Å².